The first-order valence-corrected chi connectivity index (χ1v) is 7.41. The monoisotopic (exact) mass is 351 g/mol. The molecule has 0 saturated heterocycles. The molecule has 2 rings (SSSR count). The minimum Gasteiger partial charge on any atom is -0.369 e. The maximum Gasteiger partial charge on any atom is 0.159 e. The summed E-state index contributed by atoms with van der Waals surface area (Å²) in [7, 11) is 1.98. The van der Waals surface area contributed by atoms with Crippen molar-refractivity contribution in [1.82, 2.24) is 0 Å². The van der Waals surface area contributed by atoms with Gasteiger partial charge in [0, 0.05) is 23.6 Å². The van der Waals surface area contributed by atoms with E-state index in [-0.39, 0.29) is 5.78 Å². The van der Waals surface area contributed by atoms with Crippen molar-refractivity contribution in [2.45, 2.75) is 13.5 Å². The van der Waals surface area contributed by atoms with Crippen LogP contribution in [0.25, 0.3) is 0 Å². The first kappa shape index (κ1) is 15.1. The predicted molar refractivity (Wildman–Crippen MR) is 87.7 cm³/mol. The van der Waals surface area contributed by atoms with E-state index in [4.69, 9.17) is 11.6 Å². The Balaban J connectivity index is 2.23. The third kappa shape index (κ3) is 3.41. The maximum absolute atomic E-state index is 11.3. The number of rotatable bonds is 4. The standard InChI is InChI=1S/C16H15BrClNO/c1-11(20)12-7-8-16(15(18)9-12)19(2)10-13-5-3-4-6-14(13)17/h3-9H,10H2,1-2H3. The first-order chi connectivity index (χ1) is 9.49. The average Bonchev–Trinajstić information content (AvgIpc) is 2.41. The smallest absolute Gasteiger partial charge is 0.159 e. The van der Waals surface area contributed by atoms with E-state index in [1.165, 1.54) is 12.5 Å². The first-order valence-electron chi connectivity index (χ1n) is 6.24. The van der Waals surface area contributed by atoms with E-state index in [0.717, 1.165) is 16.7 Å². The molecule has 0 bridgehead atoms. The fourth-order valence-electron chi connectivity index (χ4n) is 2.00. The lowest BCUT2D eigenvalue weighted by molar-refractivity contribution is 0.101. The number of anilines is 1. The van der Waals surface area contributed by atoms with Crippen LogP contribution in [-0.2, 0) is 6.54 Å². The fourth-order valence-corrected chi connectivity index (χ4v) is 2.74. The third-order valence-electron chi connectivity index (χ3n) is 3.13. The molecule has 104 valence electrons. The molecule has 0 saturated carbocycles. The number of ketones is 1. The van der Waals surface area contributed by atoms with Gasteiger partial charge in [-0.3, -0.25) is 4.79 Å². The molecule has 0 aliphatic heterocycles. The maximum atomic E-state index is 11.3. The number of hydrogen-bond acceptors (Lipinski definition) is 2. The van der Waals surface area contributed by atoms with Gasteiger partial charge in [-0.05, 0) is 36.8 Å². The van der Waals surface area contributed by atoms with Gasteiger partial charge in [-0.2, -0.15) is 0 Å². The summed E-state index contributed by atoms with van der Waals surface area (Å²) in [6.07, 6.45) is 0. The van der Waals surface area contributed by atoms with Gasteiger partial charge in [-0.15, -0.1) is 0 Å². The van der Waals surface area contributed by atoms with Gasteiger partial charge in [-0.25, -0.2) is 0 Å². The second-order valence-corrected chi connectivity index (χ2v) is 5.93. The lowest BCUT2D eigenvalue weighted by Crippen LogP contribution is -2.17. The van der Waals surface area contributed by atoms with E-state index in [1.54, 1.807) is 12.1 Å². The van der Waals surface area contributed by atoms with Gasteiger partial charge in [-0.1, -0.05) is 45.7 Å². The predicted octanol–water partition coefficient (Wildman–Crippen LogP) is 4.94. The van der Waals surface area contributed by atoms with Gasteiger partial charge >= 0.3 is 0 Å². The SMILES string of the molecule is CC(=O)c1ccc(N(C)Cc2ccccc2Br)c(Cl)c1. The zero-order chi connectivity index (χ0) is 14.7. The number of nitrogens with zero attached hydrogens (tertiary/aromatic N) is 1. The zero-order valence-electron chi connectivity index (χ0n) is 11.4. The minimum atomic E-state index is 0.0203. The zero-order valence-corrected chi connectivity index (χ0v) is 13.7. The number of carbonyl (C=O) groups excluding carboxylic acids is 1. The van der Waals surface area contributed by atoms with Crippen molar-refractivity contribution < 1.29 is 4.79 Å². The number of Topliss-reactive ketones (excluding diaryl/α,β-unsaturated/α-hetero) is 1. The van der Waals surface area contributed by atoms with Crippen LogP contribution in [0.4, 0.5) is 5.69 Å². The normalized spacial score (nSPS) is 10.4. The van der Waals surface area contributed by atoms with Gasteiger partial charge < -0.3 is 4.90 Å². The van der Waals surface area contributed by atoms with Gasteiger partial charge in [0.05, 0.1) is 10.7 Å². The van der Waals surface area contributed by atoms with Crippen molar-refractivity contribution in [3.05, 3.63) is 63.1 Å². The van der Waals surface area contributed by atoms with Crippen LogP contribution in [0.3, 0.4) is 0 Å². The van der Waals surface area contributed by atoms with Crippen molar-refractivity contribution in [3.63, 3.8) is 0 Å². The highest BCUT2D eigenvalue weighted by molar-refractivity contribution is 9.10. The van der Waals surface area contributed by atoms with Crippen molar-refractivity contribution in [1.29, 1.82) is 0 Å². The van der Waals surface area contributed by atoms with Crippen molar-refractivity contribution in [3.8, 4) is 0 Å². The molecule has 0 aromatic heterocycles. The molecule has 2 aromatic rings. The lowest BCUT2D eigenvalue weighted by atomic mass is 10.1. The number of carbonyl (C=O) groups is 1. The second-order valence-electron chi connectivity index (χ2n) is 4.67. The molecule has 0 aliphatic rings. The largest absolute Gasteiger partial charge is 0.369 e. The molecular formula is C16H15BrClNO. The van der Waals surface area contributed by atoms with Gasteiger partial charge in [0.25, 0.3) is 0 Å². The van der Waals surface area contributed by atoms with Crippen LogP contribution in [0.5, 0.6) is 0 Å². The highest BCUT2D eigenvalue weighted by atomic mass is 79.9. The van der Waals surface area contributed by atoms with Gasteiger partial charge in [0.2, 0.25) is 0 Å². The summed E-state index contributed by atoms with van der Waals surface area (Å²) >= 11 is 9.81. The van der Waals surface area contributed by atoms with Gasteiger partial charge in [0.1, 0.15) is 0 Å². The molecule has 0 fully saturated rings. The lowest BCUT2D eigenvalue weighted by Gasteiger charge is -2.21. The quantitative estimate of drug-likeness (QED) is 0.726. The molecule has 0 N–H and O–H groups in total. The molecule has 0 amide bonds. The number of hydrogen-bond donors (Lipinski definition) is 0. The Morgan fingerprint density at radius 1 is 1.25 bits per heavy atom. The minimum absolute atomic E-state index is 0.0203. The number of benzene rings is 2. The van der Waals surface area contributed by atoms with Crippen LogP contribution in [0.2, 0.25) is 5.02 Å². The Bertz CT molecular complexity index is 642. The molecule has 0 atom stereocenters. The van der Waals surface area contributed by atoms with Crippen LogP contribution in [0.15, 0.2) is 46.9 Å². The topological polar surface area (TPSA) is 20.3 Å². The number of halogens is 2. The van der Waals surface area contributed by atoms with E-state index in [1.807, 2.05) is 31.3 Å². The van der Waals surface area contributed by atoms with E-state index in [0.29, 0.717) is 10.6 Å². The molecule has 0 heterocycles. The molecule has 20 heavy (non-hydrogen) atoms. The van der Waals surface area contributed by atoms with Crippen LogP contribution < -0.4 is 4.90 Å². The van der Waals surface area contributed by atoms with E-state index in [2.05, 4.69) is 26.9 Å². The van der Waals surface area contributed by atoms with Crippen molar-refractivity contribution >= 4 is 39.0 Å². The van der Waals surface area contributed by atoms with E-state index >= 15 is 0 Å². The summed E-state index contributed by atoms with van der Waals surface area (Å²) in [5.74, 6) is 0.0203. The molecule has 0 spiro atoms. The summed E-state index contributed by atoms with van der Waals surface area (Å²) in [4.78, 5) is 13.4. The van der Waals surface area contributed by atoms with Crippen LogP contribution in [-0.4, -0.2) is 12.8 Å². The molecule has 4 heteroatoms. The Hall–Kier alpha value is -1.32. The van der Waals surface area contributed by atoms with Gasteiger partial charge in [0.15, 0.2) is 5.78 Å². The highest BCUT2D eigenvalue weighted by Crippen LogP contribution is 2.28. The molecule has 0 radical (unpaired) electrons. The Morgan fingerprint density at radius 2 is 1.95 bits per heavy atom. The summed E-state index contributed by atoms with van der Waals surface area (Å²) < 4.78 is 1.07. The average molecular weight is 353 g/mol. The molecule has 0 aliphatic carbocycles. The molecule has 0 unspecified atom stereocenters. The van der Waals surface area contributed by atoms with Crippen LogP contribution in [0.1, 0.15) is 22.8 Å². The summed E-state index contributed by atoms with van der Waals surface area (Å²) in [6, 6.07) is 13.5. The summed E-state index contributed by atoms with van der Waals surface area (Å²) in [5, 5.41) is 0.590. The second kappa shape index (κ2) is 6.42. The van der Waals surface area contributed by atoms with E-state index in [9.17, 15) is 4.79 Å². The fraction of sp³-hybridized carbons (Fsp3) is 0.188. The van der Waals surface area contributed by atoms with Crippen molar-refractivity contribution in [2.24, 2.45) is 0 Å². The summed E-state index contributed by atoms with van der Waals surface area (Å²) in [5.41, 5.74) is 2.72. The van der Waals surface area contributed by atoms with Crippen molar-refractivity contribution in [2.75, 3.05) is 11.9 Å². The molecular weight excluding hydrogens is 338 g/mol. The third-order valence-corrected chi connectivity index (χ3v) is 4.21. The molecule has 2 nitrogen and oxygen atoms in total. The van der Waals surface area contributed by atoms with E-state index < -0.39 is 0 Å². The Morgan fingerprint density at radius 3 is 2.55 bits per heavy atom. The van der Waals surface area contributed by atoms with Crippen LogP contribution in [0, 0.1) is 0 Å². The Labute approximate surface area is 132 Å². The Kier molecular flexibility index (Phi) is 4.84. The van der Waals surface area contributed by atoms with Crippen LogP contribution >= 0.6 is 27.5 Å². The highest BCUT2D eigenvalue weighted by Gasteiger charge is 2.10. The molecule has 2 aromatic carbocycles. The summed E-state index contributed by atoms with van der Waals surface area (Å²) in [6.45, 7) is 2.27.